The normalized spacial score (nSPS) is 41.6. The Hall–Kier alpha value is 0.210. The molecule has 3 heteroatoms. The molecule has 0 N–H and O–H groups in total. The van der Waals surface area contributed by atoms with Crippen molar-refractivity contribution in [3.8, 4) is 0 Å². The van der Waals surface area contributed by atoms with Crippen LogP contribution in [0, 0.1) is 11.8 Å². The fraction of sp³-hybridized carbons (Fsp3) is 1.00. The molecule has 0 radical (unpaired) electrons. The highest BCUT2D eigenvalue weighted by atomic mass is 35.5. The summed E-state index contributed by atoms with van der Waals surface area (Å²) in [7, 11) is 0. The summed E-state index contributed by atoms with van der Waals surface area (Å²) < 4.78 is 11.7. The van der Waals surface area contributed by atoms with Crippen LogP contribution in [-0.2, 0) is 9.47 Å². The van der Waals surface area contributed by atoms with Crippen LogP contribution in [0.15, 0.2) is 0 Å². The molecule has 1 aliphatic heterocycles. The summed E-state index contributed by atoms with van der Waals surface area (Å²) in [5, 5.41) is 0. The first-order valence-corrected chi connectivity index (χ1v) is 6.56. The molecule has 0 amide bonds. The van der Waals surface area contributed by atoms with E-state index < -0.39 is 0 Å². The molecule has 0 bridgehead atoms. The average Bonchev–Trinajstić information content (AvgIpc) is 2.62. The Morgan fingerprint density at radius 1 is 1.33 bits per heavy atom. The van der Waals surface area contributed by atoms with E-state index in [0.717, 1.165) is 24.7 Å². The predicted octanol–water partition coefficient (Wildman–Crippen LogP) is 3.18. The van der Waals surface area contributed by atoms with Crippen LogP contribution in [0.25, 0.3) is 0 Å². The molecule has 1 heterocycles. The van der Waals surface area contributed by atoms with Crippen molar-refractivity contribution in [1.82, 2.24) is 0 Å². The maximum Gasteiger partial charge on any atom is 0.168 e. The summed E-state index contributed by atoms with van der Waals surface area (Å²) >= 11 is 5.78. The molecule has 1 saturated heterocycles. The van der Waals surface area contributed by atoms with E-state index in [1.165, 1.54) is 12.8 Å². The fourth-order valence-electron chi connectivity index (χ4n) is 2.70. The van der Waals surface area contributed by atoms with Gasteiger partial charge in [-0.2, -0.15) is 0 Å². The minimum atomic E-state index is -0.273. The number of rotatable bonds is 2. The van der Waals surface area contributed by atoms with Gasteiger partial charge in [0.05, 0.1) is 18.6 Å². The van der Waals surface area contributed by atoms with Gasteiger partial charge in [0, 0.05) is 12.8 Å². The highest BCUT2D eigenvalue weighted by Gasteiger charge is 2.44. The van der Waals surface area contributed by atoms with Gasteiger partial charge in [0.2, 0.25) is 0 Å². The van der Waals surface area contributed by atoms with Gasteiger partial charge in [-0.1, -0.05) is 13.8 Å². The van der Waals surface area contributed by atoms with Crippen molar-refractivity contribution in [2.45, 2.75) is 51.4 Å². The molecular weight excluding hydrogens is 212 g/mol. The van der Waals surface area contributed by atoms with E-state index in [4.69, 9.17) is 21.1 Å². The van der Waals surface area contributed by atoms with Crippen LogP contribution in [0.1, 0.15) is 39.5 Å². The van der Waals surface area contributed by atoms with E-state index in [1.54, 1.807) is 0 Å². The van der Waals surface area contributed by atoms with Gasteiger partial charge in [0.1, 0.15) is 0 Å². The van der Waals surface area contributed by atoms with Gasteiger partial charge in [-0.05, 0) is 24.7 Å². The number of halogens is 1. The van der Waals surface area contributed by atoms with Crippen LogP contribution < -0.4 is 0 Å². The van der Waals surface area contributed by atoms with Gasteiger partial charge in [-0.3, -0.25) is 0 Å². The SMILES string of the molecule is CC(C)C1CCC2(CC1)OCC(CCl)O2. The van der Waals surface area contributed by atoms with Crippen molar-refractivity contribution in [1.29, 1.82) is 0 Å². The maximum atomic E-state index is 5.91. The highest BCUT2D eigenvalue weighted by molar-refractivity contribution is 6.18. The van der Waals surface area contributed by atoms with E-state index in [1.807, 2.05) is 0 Å². The quantitative estimate of drug-likeness (QED) is 0.681. The predicted molar refractivity (Wildman–Crippen MR) is 61.1 cm³/mol. The van der Waals surface area contributed by atoms with Crippen molar-refractivity contribution in [3.05, 3.63) is 0 Å². The third kappa shape index (κ3) is 2.48. The van der Waals surface area contributed by atoms with Gasteiger partial charge < -0.3 is 9.47 Å². The molecule has 0 aromatic carbocycles. The molecule has 0 aromatic rings. The zero-order chi connectivity index (χ0) is 10.9. The molecule has 2 aliphatic rings. The molecule has 1 spiro atoms. The van der Waals surface area contributed by atoms with Gasteiger partial charge in [0.15, 0.2) is 5.79 Å². The second kappa shape index (κ2) is 4.60. The topological polar surface area (TPSA) is 18.5 Å². The van der Waals surface area contributed by atoms with E-state index in [9.17, 15) is 0 Å². The number of hydrogen-bond acceptors (Lipinski definition) is 2. The second-order valence-corrected chi connectivity index (χ2v) is 5.51. The summed E-state index contributed by atoms with van der Waals surface area (Å²) in [5.74, 6) is 1.91. The molecule has 1 saturated carbocycles. The Morgan fingerprint density at radius 3 is 2.47 bits per heavy atom. The summed E-state index contributed by atoms with van der Waals surface area (Å²) in [6.45, 7) is 5.29. The Labute approximate surface area is 97.3 Å². The lowest BCUT2D eigenvalue weighted by Gasteiger charge is -2.37. The molecule has 2 rings (SSSR count). The molecule has 0 aromatic heterocycles. The van der Waals surface area contributed by atoms with Crippen molar-refractivity contribution in [2.75, 3.05) is 12.5 Å². The lowest BCUT2D eigenvalue weighted by molar-refractivity contribution is -0.192. The molecule has 2 nitrogen and oxygen atoms in total. The summed E-state index contributed by atoms with van der Waals surface area (Å²) in [6, 6.07) is 0. The zero-order valence-corrected chi connectivity index (χ0v) is 10.4. The number of alkyl halides is 1. The second-order valence-electron chi connectivity index (χ2n) is 5.20. The Kier molecular flexibility index (Phi) is 3.59. The lowest BCUT2D eigenvalue weighted by atomic mass is 9.79. The van der Waals surface area contributed by atoms with Gasteiger partial charge in [-0.25, -0.2) is 0 Å². The standard InChI is InChI=1S/C12H21ClO2/c1-9(2)10-3-5-12(6-4-10)14-8-11(7-13)15-12/h9-11H,3-8H2,1-2H3. The minimum Gasteiger partial charge on any atom is -0.347 e. The number of hydrogen-bond donors (Lipinski definition) is 0. The maximum absolute atomic E-state index is 5.91. The van der Waals surface area contributed by atoms with Crippen molar-refractivity contribution >= 4 is 11.6 Å². The van der Waals surface area contributed by atoms with Crippen LogP contribution in [0.4, 0.5) is 0 Å². The summed E-state index contributed by atoms with van der Waals surface area (Å²) in [6.07, 6.45) is 4.66. The van der Waals surface area contributed by atoms with Gasteiger partial charge in [0.25, 0.3) is 0 Å². The summed E-state index contributed by atoms with van der Waals surface area (Å²) in [5.41, 5.74) is 0. The van der Waals surface area contributed by atoms with E-state index >= 15 is 0 Å². The van der Waals surface area contributed by atoms with Crippen LogP contribution in [0.5, 0.6) is 0 Å². The Balaban J connectivity index is 1.87. The van der Waals surface area contributed by atoms with Crippen LogP contribution in [0.2, 0.25) is 0 Å². The van der Waals surface area contributed by atoms with Crippen molar-refractivity contribution in [2.24, 2.45) is 11.8 Å². The molecule has 1 atom stereocenters. The largest absolute Gasteiger partial charge is 0.347 e. The first-order chi connectivity index (χ1) is 7.15. The monoisotopic (exact) mass is 232 g/mol. The minimum absolute atomic E-state index is 0.113. The smallest absolute Gasteiger partial charge is 0.168 e. The third-order valence-electron chi connectivity index (χ3n) is 3.82. The van der Waals surface area contributed by atoms with Crippen LogP contribution >= 0.6 is 11.6 Å². The van der Waals surface area contributed by atoms with E-state index in [2.05, 4.69) is 13.8 Å². The highest BCUT2D eigenvalue weighted by Crippen LogP contribution is 2.42. The molecular formula is C12H21ClO2. The van der Waals surface area contributed by atoms with E-state index in [-0.39, 0.29) is 11.9 Å². The zero-order valence-electron chi connectivity index (χ0n) is 9.67. The molecule has 1 unspecified atom stereocenters. The number of ether oxygens (including phenoxy) is 2. The van der Waals surface area contributed by atoms with E-state index in [0.29, 0.717) is 12.5 Å². The molecule has 88 valence electrons. The van der Waals surface area contributed by atoms with Crippen molar-refractivity contribution < 1.29 is 9.47 Å². The van der Waals surface area contributed by atoms with Gasteiger partial charge in [-0.15, -0.1) is 11.6 Å². The van der Waals surface area contributed by atoms with Crippen LogP contribution in [-0.4, -0.2) is 24.4 Å². The Morgan fingerprint density at radius 2 is 2.00 bits per heavy atom. The lowest BCUT2D eigenvalue weighted by Crippen LogP contribution is -2.37. The fourth-order valence-corrected chi connectivity index (χ4v) is 2.85. The molecule has 1 aliphatic carbocycles. The summed E-state index contributed by atoms with van der Waals surface area (Å²) in [4.78, 5) is 0. The van der Waals surface area contributed by atoms with Crippen molar-refractivity contribution in [3.63, 3.8) is 0 Å². The Bertz CT molecular complexity index is 210. The molecule has 15 heavy (non-hydrogen) atoms. The van der Waals surface area contributed by atoms with Crippen LogP contribution in [0.3, 0.4) is 0 Å². The van der Waals surface area contributed by atoms with Gasteiger partial charge >= 0.3 is 0 Å². The first kappa shape index (κ1) is 11.7. The first-order valence-electron chi connectivity index (χ1n) is 6.03. The molecule has 2 fully saturated rings. The third-order valence-corrected chi connectivity index (χ3v) is 4.16. The average molecular weight is 233 g/mol.